The van der Waals surface area contributed by atoms with Gasteiger partial charge in [0.15, 0.2) is 0 Å². The van der Waals surface area contributed by atoms with Crippen LogP contribution in [0.4, 0.5) is 0 Å². The lowest BCUT2D eigenvalue weighted by Crippen LogP contribution is -2.50. The van der Waals surface area contributed by atoms with Gasteiger partial charge in [-0.15, -0.1) is 11.3 Å². The fraction of sp³-hybridized carbons (Fsp3) is 0.161. The van der Waals surface area contributed by atoms with Gasteiger partial charge in [-0.05, 0) is 52.9 Å². The molecule has 38 heavy (non-hydrogen) atoms. The van der Waals surface area contributed by atoms with Gasteiger partial charge >= 0.3 is 0 Å². The Balaban J connectivity index is 1.26. The van der Waals surface area contributed by atoms with Crippen LogP contribution in [0.2, 0.25) is 5.02 Å². The van der Waals surface area contributed by atoms with E-state index < -0.39 is 0 Å². The van der Waals surface area contributed by atoms with E-state index >= 15 is 0 Å². The smallest absolute Gasteiger partial charge is 0.272 e. The number of thiophene rings is 1. The molecule has 0 radical (unpaired) electrons. The monoisotopic (exact) mass is 538 g/mol. The van der Waals surface area contributed by atoms with Gasteiger partial charge in [-0.25, -0.2) is 4.68 Å². The molecule has 0 aliphatic carbocycles. The van der Waals surface area contributed by atoms with Crippen LogP contribution in [0.1, 0.15) is 27.7 Å². The van der Waals surface area contributed by atoms with E-state index in [-0.39, 0.29) is 11.9 Å². The Morgan fingerprint density at radius 2 is 1.42 bits per heavy atom. The summed E-state index contributed by atoms with van der Waals surface area (Å²) < 4.78 is 1.75. The van der Waals surface area contributed by atoms with Crippen LogP contribution in [0, 0.1) is 0 Å². The van der Waals surface area contributed by atoms with Crippen molar-refractivity contribution in [2.75, 3.05) is 26.2 Å². The zero-order chi connectivity index (χ0) is 25.9. The molecule has 0 bridgehead atoms. The van der Waals surface area contributed by atoms with Crippen LogP contribution in [0.25, 0.3) is 16.3 Å². The average Bonchev–Trinajstić information content (AvgIpc) is 3.66. The third-order valence-corrected chi connectivity index (χ3v) is 8.11. The highest BCUT2D eigenvalue weighted by molar-refractivity contribution is 7.13. The molecular weight excluding hydrogens is 512 g/mol. The fourth-order valence-electron chi connectivity index (χ4n) is 5.09. The first-order valence-electron chi connectivity index (χ1n) is 12.7. The second kappa shape index (κ2) is 11.0. The molecule has 190 valence electrons. The van der Waals surface area contributed by atoms with Crippen molar-refractivity contribution < 1.29 is 4.79 Å². The normalized spacial score (nSPS) is 14.2. The lowest BCUT2D eigenvalue weighted by atomic mass is 9.96. The number of carbonyl (C=O) groups is 1. The Morgan fingerprint density at radius 1 is 0.789 bits per heavy atom. The number of piperazine rings is 1. The van der Waals surface area contributed by atoms with Gasteiger partial charge in [-0.1, -0.05) is 78.3 Å². The van der Waals surface area contributed by atoms with Crippen LogP contribution in [0.15, 0.2) is 109 Å². The van der Waals surface area contributed by atoms with E-state index in [2.05, 4.69) is 65.6 Å². The molecule has 0 atom stereocenters. The molecule has 1 saturated heterocycles. The topological polar surface area (TPSA) is 41.4 Å². The van der Waals surface area contributed by atoms with Crippen LogP contribution in [0.5, 0.6) is 0 Å². The molecule has 0 N–H and O–H groups in total. The molecule has 1 fully saturated rings. The van der Waals surface area contributed by atoms with E-state index in [9.17, 15) is 4.79 Å². The largest absolute Gasteiger partial charge is 0.335 e. The molecular formula is C31H27ClN4OS. The van der Waals surface area contributed by atoms with Crippen LogP contribution in [-0.4, -0.2) is 51.7 Å². The zero-order valence-corrected chi connectivity index (χ0v) is 22.4. The van der Waals surface area contributed by atoms with Crippen LogP contribution in [0.3, 0.4) is 0 Å². The maximum absolute atomic E-state index is 13.9. The van der Waals surface area contributed by atoms with Crippen LogP contribution < -0.4 is 0 Å². The highest BCUT2D eigenvalue weighted by atomic mass is 35.5. The van der Waals surface area contributed by atoms with E-state index in [1.807, 2.05) is 52.7 Å². The average molecular weight is 539 g/mol. The second-order valence-electron chi connectivity index (χ2n) is 9.33. The Hall–Kier alpha value is -3.71. The molecule has 3 aromatic carbocycles. The predicted octanol–water partition coefficient (Wildman–Crippen LogP) is 6.80. The van der Waals surface area contributed by atoms with Crippen molar-refractivity contribution in [3.05, 3.63) is 130 Å². The summed E-state index contributed by atoms with van der Waals surface area (Å²) in [6.07, 6.45) is 0. The number of hydrogen-bond acceptors (Lipinski definition) is 4. The maximum Gasteiger partial charge on any atom is 0.272 e. The minimum atomic E-state index is -0.00845. The molecule has 7 heteroatoms. The summed E-state index contributed by atoms with van der Waals surface area (Å²) in [5, 5.41) is 7.49. The van der Waals surface area contributed by atoms with Crippen molar-refractivity contribution in [3.63, 3.8) is 0 Å². The summed E-state index contributed by atoms with van der Waals surface area (Å²) in [6, 6.07) is 34.7. The number of benzene rings is 3. The van der Waals surface area contributed by atoms with Gasteiger partial charge in [-0.3, -0.25) is 9.69 Å². The molecule has 1 amide bonds. The Bertz CT molecular complexity index is 1450. The highest BCUT2D eigenvalue weighted by Crippen LogP contribution is 2.31. The molecule has 6 rings (SSSR count). The summed E-state index contributed by atoms with van der Waals surface area (Å²) >= 11 is 7.74. The quantitative estimate of drug-likeness (QED) is 0.239. The molecule has 2 aromatic heterocycles. The van der Waals surface area contributed by atoms with E-state index in [0.29, 0.717) is 23.8 Å². The van der Waals surface area contributed by atoms with E-state index in [1.165, 1.54) is 11.1 Å². The fourth-order valence-corrected chi connectivity index (χ4v) is 5.89. The maximum atomic E-state index is 13.9. The van der Waals surface area contributed by atoms with E-state index in [1.54, 1.807) is 16.0 Å². The van der Waals surface area contributed by atoms with Crippen LogP contribution in [-0.2, 0) is 0 Å². The van der Waals surface area contributed by atoms with Gasteiger partial charge in [0.2, 0.25) is 0 Å². The number of amides is 1. The predicted molar refractivity (Wildman–Crippen MR) is 154 cm³/mol. The summed E-state index contributed by atoms with van der Waals surface area (Å²) in [6.45, 7) is 2.87. The molecule has 3 heterocycles. The van der Waals surface area contributed by atoms with Gasteiger partial charge in [0.25, 0.3) is 5.91 Å². The van der Waals surface area contributed by atoms with Gasteiger partial charge in [0.1, 0.15) is 11.4 Å². The van der Waals surface area contributed by atoms with Gasteiger partial charge in [0, 0.05) is 31.2 Å². The van der Waals surface area contributed by atoms with Crippen molar-refractivity contribution in [2.24, 2.45) is 0 Å². The van der Waals surface area contributed by atoms with Crippen molar-refractivity contribution in [1.82, 2.24) is 19.6 Å². The molecule has 5 aromatic rings. The minimum Gasteiger partial charge on any atom is -0.335 e. The molecule has 0 saturated carbocycles. The van der Waals surface area contributed by atoms with Gasteiger partial charge < -0.3 is 4.90 Å². The number of rotatable bonds is 6. The highest BCUT2D eigenvalue weighted by Gasteiger charge is 2.30. The lowest BCUT2D eigenvalue weighted by molar-refractivity contribution is 0.0589. The summed E-state index contributed by atoms with van der Waals surface area (Å²) in [4.78, 5) is 19.3. The second-order valence-corrected chi connectivity index (χ2v) is 10.7. The van der Waals surface area contributed by atoms with E-state index in [4.69, 9.17) is 16.7 Å². The number of aromatic nitrogens is 2. The Morgan fingerprint density at radius 3 is 2.00 bits per heavy atom. The first-order chi connectivity index (χ1) is 18.7. The Labute approximate surface area is 231 Å². The SMILES string of the molecule is O=C(c1cc(-c2cccs2)nn1-c1ccc(Cl)cc1)N1CCN(C(c2ccccc2)c2ccccc2)CC1. The third-order valence-electron chi connectivity index (χ3n) is 6.97. The Kier molecular flexibility index (Phi) is 7.10. The standard InChI is InChI=1S/C31H27ClN4OS/c32-25-13-15-26(16-14-25)36-28(22-27(33-36)29-12-7-21-38-29)31(37)35-19-17-34(18-20-35)30(23-8-3-1-4-9-23)24-10-5-2-6-11-24/h1-16,21-22,30H,17-20H2. The summed E-state index contributed by atoms with van der Waals surface area (Å²) in [5.41, 5.74) is 4.70. The van der Waals surface area contributed by atoms with Crippen molar-refractivity contribution in [2.45, 2.75) is 6.04 Å². The molecule has 0 spiro atoms. The van der Waals surface area contributed by atoms with E-state index in [0.717, 1.165) is 29.3 Å². The first kappa shape index (κ1) is 24.6. The van der Waals surface area contributed by atoms with Crippen molar-refractivity contribution in [3.8, 4) is 16.3 Å². The van der Waals surface area contributed by atoms with Crippen LogP contribution >= 0.6 is 22.9 Å². The number of carbonyl (C=O) groups excluding carboxylic acids is 1. The molecule has 5 nitrogen and oxygen atoms in total. The van der Waals surface area contributed by atoms with Gasteiger partial charge in [-0.2, -0.15) is 5.10 Å². The number of hydrogen-bond donors (Lipinski definition) is 0. The molecule has 1 aliphatic heterocycles. The summed E-state index contributed by atoms with van der Waals surface area (Å²) in [5.74, 6) is -0.00845. The number of halogens is 1. The van der Waals surface area contributed by atoms with Gasteiger partial charge in [0.05, 0.1) is 16.6 Å². The van der Waals surface area contributed by atoms with Crippen molar-refractivity contribution >= 4 is 28.8 Å². The molecule has 0 unspecified atom stereocenters. The first-order valence-corrected chi connectivity index (χ1v) is 14.0. The minimum absolute atomic E-state index is 0.00845. The number of nitrogens with zero attached hydrogens (tertiary/aromatic N) is 4. The third kappa shape index (κ3) is 5.03. The zero-order valence-electron chi connectivity index (χ0n) is 20.8. The van der Waals surface area contributed by atoms with Crippen molar-refractivity contribution in [1.29, 1.82) is 0 Å². The summed E-state index contributed by atoms with van der Waals surface area (Å²) in [7, 11) is 0. The molecule has 1 aliphatic rings. The lowest BCUT2D eigenvalue weighted by Gasteiger charge is -2.39.